The van der Waals surface area contributed by atoms with E-state index in [9.17, 15) is 4.79 Å². The molecule has 0 radical (unpaired) electrons. The predicted octanol–water partition coefficient (Wildman–Crippen LogP) is 5.67. The van der Waals surface area contributed by atoms with E-state index in [-0.39, 0.29) is 11.3 Å². The average molecular weight is 457 g/mol. The van der Waals surface area contributed by atoms with Crippen LogP contribution in [0.1, 0.15) is 72.0 Å². The summed E-state index contributed by atoms with van der Waals surface area (Å²) in [6.07, 6.45) is 3.66. The molecule has 0 unspecified atom stereocenters. The highest BCUT2D eigenvalue weighted by molar-refractivity contribution is 7.09. The third-order valence-electron chi connectivity index (χ3n) is 5.99. The van der Waals surface area contributed by atoms with E-state index < -0.39 is 0 Å². The van der Waals surface area contributed by atoms with Crippen LogP contribution >= 0.6 is 22.9 Å². The second-order valence-corrected chi connectivity index (χ2v) is 10.6. The fourth-order valence-corrected chi connectivity index (χ4v) is 5.24. The fourth-order valence-electron chi connectivity index (χ4n) is 3.90. The van der Waals surface area contributed by atoms with Crippen molar-refractivity contribution in [3.05, 3.63) is 68.6 Å². The van der Waals surface area contributed by atoms with Gasteiger partial charge in [-0.2, -0.15) is 0 Å². The van der Waals surface area contributed by atoms with Crippen LogP contribution in [-0.2, 0) is 12.0 Å². The molecular weight excluding hydrogens is 428 g/mol. The number of thiazole rings is 1. The number of carbonyl (C=O) groups is 1. The predicted molar refractivity (Wildman–Crippen MR) is 126 cm³/mol. The summed E-state index contributed by atoms with van der Waals surface area (Å²) in [5.41, 5.74) is 3.82. The molecule has 2 aromatic heterocycles. The Morgan fingerprint density at radius 2 is 1.87 bits per heavy atom. The molecule has 1 fully saturated rings. The summed E-state index contributed by atoms with van der Waals surface area (Å²) in [6, 6.07) is 7.76. The van der Waals surface area contributed by atoms with Gasteiger partial charge >= 0.3 is 0 Å². The smallest absolute Gasteiger partial charge is 0.274 e. The summed E-state index contributed by atoms with van der Waals surface area (Å²) >= 11 is 7.73. The van der Waals surface area contributed by atoms with Crippen molar-refractivity contribution in [1.29, 1.82) is 0 Å². The molecule has 0 bridgehead atoms. The molecule has 4 rings (SSSR count). The minimum absolute atomic E-state index is 0.0281. The number of hydrogen-bond acceptors (Lipinski definition) is 4. The first kappa shape index (κ1) is 22.0. The fraction of sp³-hybridized carbons (Fsp3) is 0.458. The molecule has 31 heavy (non-hydrogen) atoms. The van der Waals surface area contributed by atoms with Crippen LogP contribution in [-0.4, -0.2) is 38.4 Å². The molecule has 0 aliphatic carbocycles. The van der Waals surface area contributed by atoms with E-state index in [4.69, 9.17) is 16.6 Å². The maximum absolute atomic E-state index is 13.1. The highest BCUT2D eigenvalue weighted by Crippen LogP contribution is 2.33. The molecule has 0 atom stereocenters. The largest absolute Gasteiger partial charge is 0.337 e. The number of rotatable bonds is 4. The van der Waals surface area contributed by atoms with Gasteiger partial charge in [-0.25, -0.2) is 9.97 Å². The summed E-state index contributed by atoms with van der Waals surface area (Å²) in [5, 5.41) is 4.11. The van der Waals surface area contributed by atoms with E-state index in [1.165, 1.54) is 5.01 Å². The lowest BCUT2D eigenvalue weighted by Gasteiger charge is -2.31. The molecule has 1 aliphatic rings. The molecule has 3 heterocycles. The van der Waals surface area contributed by atoms with Crippen LogP contribution in [0.3, 0.4) is 0 Å². The maximum Gasteiger partial charge on any atom is 0.274 e. The number of piperidine rings is 1. The zero-order chi connectivity index (χ0) is 22.2. The lowest BCUT2D eigenvalue weighted by Crippen LogP contribution is -2.38. The average Bonchev–Trinajstić information content (AvgIpc) is 3.37. The van der Waals surface area contributed by atoms with E-state index in [0.717, 1.165) is 47.9 Å². The van der Waals surface area contributed by atoms with Crippen molar-refractivity contribution in [3.8, 4) is 0 Å². The Morgan fingerprint density at radius 1 is 1.19 bits per heavy atom. The first-order valence-electron chi connectivity index (χ1n) is 10.7. The van der Waals surface area contributed by atoms with Gasteiger partial charge in [0.05, 0.1) is 17.0 Å². The minimum atomic E-state index is 0.0281. The molecule has 0 N–H and O–H groups in total. The molecule has 0 saturated carbocycles. The molecule has 5 nitrogen and oxygen atoms in total. The van der Waals surface area contributed by atoms with Crippen LogP contribution in [0.2, 0.25) is 5.02 Å². The number of hydrogen-bond donors (Lipinski definition) is 0. The Bertz CT molecular complexity index is 1060. The van der Waals surface area contributed by atoms with Gasteiger partial charge in [0.15, 0.2) is 0 Å². The van der Waals surface area contributed by atoms with E-state index in [1.54, 1.807) is 17.7 Å². The van der Waals surface area contributed by atoms with Gasteiger partial charge in [0.2, 0.25) is 0 Å². The lowest BCUT2D eigenvalue weighted by molar-refractivity contribution is 0.0706. The Kier molecular flexibility index (Phi) is 6.22. The first-order chi connectivity index (χ1) is 14.7. The van der Waals surface area contributed by atoms with Crippen LogP contribution < -0.4 is 0 Å². The van der Waals surface area contributed by atoms with Crippen molar-refractivity contribution in [3.63, 3.8) is 0 Å². The van der Waals surface area contributed by atoms with Gasteiger partial charge in [-0.1, -0.05) is 44.5 Å². The summed E-state index contributed by atoms with van der Waals surface area (Å²) in [6.45, 7) is 10.7. The van der Waals surface area contributed by atoms with Crippen molar-refractivity contribution in [2.24, 2.45) is 0 Å². The van der Waals surface area contributed by atoms with Gasteiger partial charge in [0, 0.05) is 47.1 Å². The van der Waals surface area contributed by atoms with Crippen molar-refractivity contribution < 1.29 is 4.79 Å². The van der Waals surface area contributed by atoms with Gasteiger partial charge in [-0.05, 0) is 37.5 Å². The van der Waals surface area contributed by atoms with Crippen molar-refractivity contribution in [2.75, 3.05) is 13.1 Å². The second kappa shape index (κ2) is 8.75. The van der Waals surface area contributed by atoms with Gasteiger partial charge in [-0.15, -0.1) is 11.3 Å². The third kappa shape index (κ3) is 4.85. The van der Waals surface area contributed by atoms with Gasteiger partial charge in [0.1, 0.15) is 5.69 Å². The number of likely N-dealkylation sites (tertiary alicyclic amines) is 1. The highest BCUT2D eigenvalue weighted by Gasteiger charge is 2.29. The van der Waals surface area contributed by atoms with Crippen LogP contribution in [0.5, 0.6) is 0 Å². The Balaban J connectivity index is 1.39. The minimum Gasteiger partial charge on any atom is -0.337 e. The molecular formula is C24H29ClN4OS. The Labute approximate surface area is 193 Å². The number of nitrogens with zero attached hydrogens (tertiary/aromatic N) is 4. The van der Waals surface area contributed by atoms with Crippen molar-refractivity contribution in [2.45, 2.75) is 58.4 Å². The van der Waals surface area contributed by atoms with Crippen LogP contribution in [0.4, 0.5) is 0 Å². The number of benzene rings is 1. The topological polar surface area (TPSA) is 51.0 Å². The number of amides is 1. The first-order valence-corrected chi connectivity index (χ1v) is 12.0. The molecule has 164 valence electrons. The Hall–Kier alpha value is -2.18. The third-order valence-corrected chi connectivity index (χ3v) is 7.25. The number of halogens is 1. The zero-order valence-electron chi connectivity index (χ0n) is 18.6. The summed E-state index contributed by atoms with van der Waals surface area (Å²) < 4.78 is 2.02. The highest BCUT2D eigenvalue weighted by atomic mass is 35.5. The van der Waals surface area contributed by atoms with E-state index >= 15 is 0 Å². The normalized spacial score (nSPS) is 15.5. The SMILES string of the molecule is Cc1c(C(=O)N2CCC(c3nc(C(C)(C)C)cs3)CC2)ncn1Cc1ccc(Cl)cc1. The number of aromatic nitrogens is 3. The molecule has 1 saturated heterocycles. The second-order valence-electron chi connectivity index (χ2n) is 9.32. The molecule has 7 heteroatoms. The van der Waals surface area contributed by atoms with Crippen LogP contribution in [0.15, 0.2) is 36.0 Å². The van der Waals surface area contributed by atoms with Crippen molar-refractivity contribution >= 4 is 28.8 Å². The summed E-state index contributed by atoms with van der Waals surface area (Å²) in [5.74, 6) is 0.467. The summed E-state index contributed by atoms with van der Waals surface area (Å²) in [7, 11) is 0. The molecule has 1 aromatic carbocycles. The van der Waals surface area contributed by atoms with E-state index in [1.807, 2.05) is 40.7 Å². The molecule has 1 aliphatic heterocycles. The molecule has 1 amide bonds. The van der Waals surface area contributed by atoms with Crippen LogP contribution in [0, 0.1) is 6.92 Å². The zero-order valence-corrected chi connectivity index (χ0v) is 20.1. The molecule has 3 aromatic rings. The maximum atomic E-state index is 13.1. The van der Waals surface area contributed by atoms with E-state index in [2.05, 4.69) is 31.1 Å². The molecule has 0 spiro atoms. The van der Waals surface area contributed by atoms with Gasteiger partial charge in [0.25, 0.3) is 5.91 Å². The van der Waals surface area contributed by atoms with E-state index in [0.29, 0.717) is 18.2 Å². The monoisotopic (exact) mass is 456 g/mol. The number of imidazole rings is 1. The Morgan fingerprint density at radius 3 is 2.48 bits per heavy atom. The standard InChI is InChI=1S/C24H29ClN4OS/c1-16-21(26-15-29(16)13-17-5-7-19(25)8-6-17)23(30)28-11-9-18(10-12-28)22-27-20(14-31-22)24(2,3)4/h5-8,14-15,18H,9-13H2,1-4H3. The quantitative estimate of drug-likeness (QED) is 0.508. The van der Waals surface area contributed by atoms with Crippen molar-refractivity contribution in [1.82, 2.24) is 19.4 Å². The van der Waals surface area contributed by atoms with Gasteiger partial charge < -0.3 is 9.47 Å². The lowest BCUT2D eigenvalue weighted by atomic mass is 9.93. The van der Waals surface area contributed by atoms with Gasteiger partial charge in [-0.3, -0.25) is 4.79 Å². The summed E-state index contributed by atoms with van der Waals surface area (Å²) in [4.78, 5) is 24.4. The number of carbonyl (C=O) groups excluding carboxylic acids is 1. The van der Waals surface area contributed by atoms with Crippen LogP contribution in [0.25, 0.3) is 0 Å².